The van der Waals surface area contributed by atoms with Gasteiger partial charge < -0.3 is 10.5 Å². The van der Waals surface area contributed by atoms with Crippen LogP contribution < -0.4 is 5.73 Å². The van der Waals surface area contributed by atoms with Crippen molar-refractivity contribution in [1.29, 1.82) is 0 Å². The second kappa shape index (κ2) is 4.60. The van der Waals surface area contributed by atoms with Gasteiger partial charge in [-0.05, 0) is 19.4 Å². The zero-order valence-electron chi connectivity index (χ0n) is 9.16. The lowest BCUT2D eigenvalue weighted by atomic mass is 9.81. The molecule has 1 fully saturated rings. The zero-order chi connectivity index (χ0) is 10.7. The van der Waals surface area contributed by atoms with Gasteiger partial charge in [-0.25, -0.2) is 4.98 Å². The van der Waals surface area contributed by atoms with Crippen molar-refractivity contribution in [3.8, 4) is 0 Å². The number of hydrogen-bond donors (Lipinski definition) is 1. The molecule has 0 saturated carbocycles. The molecule has 1 aliphatic heterocycles. The lowest BCUT2D eigenvalue weighted by Gasteiger charge is -2.32. The number of thiazole rings is 1. The van der Waals surface area contributed by atoms with Crippen LogP contribution in [-0.4, -0.2) is 24.7 Å². The molecule has 1 aromatic heterocycles. The molecule has 2 heterocycles. The van der Waals surface area contributed by atoms with Crippen molar-refractivity contribution in [3.63, 3.8) is 0 Å². The normalized spacial score (nSPS) is 20.4. The molecule has 1 aliphatic rings. The highest BCUT2D eigenvalue weighted by molar-refractivity contribution is 7.11. The molecule has 3 nitrogen and oxygen atoms in total. The van der Waals surface area contributed by atoms with E-state index < -0.39 is 0 Å². The fourth-order valence-electron chi connectivity index (χ4n) is 1.90. The van der Waals surface area contributed by atoms with Crippen LogP contribution >= 0.6 is 11.3 Å². The van der Waals surface area contributed by atoms with Crippen LogP contribution in [0.2, 0.25) is 0 Å². The first-order valence-electron chi connectivity index (χ1n) is 5.47. The van der Waals surface area contributed by atoms with E-state index in [1.54, 1.807) is 0 Å². The van der Waals surface area contributed by atoms with E-state index in [0.717, 1.165) is 32.5 Å². The van der Waals surface area contributed by atoms with Gasteiger partial charge in [0.2, 0.25) is 0 Å². The first-order chi connectivity index (χ1) is 7.24. The largest absolute Gasteiger partial charge is 0.381 e. The van der Waals surface area contributed by atoms with E-state index in [9.17, 15) is 0 Å². The third kappa shape index (κ3) is 2.38. The summed E-state index contributed by atoms with van der Waals surface area (Å²) in [5, 5.41) is 1.17. The number of hydrogen-bond acceptors (Lipinski definition) is 4. The minimum Gasteiger partial charge on any atom is -0.381 e. The maximum absolute atomic E-state index is 5.53. The van der Waals surface area contributed by atoms with Crippen molar-refractivity contribution in [3.05, 3.63) is 16.1 Å². The van der Waals surface area contributed by atoms with Gasteiger partial charge in [-0.1, -0.05) is 6.92 Å². The molecule has 15 heavy (non-hydrogen) atoms. The highest BCUT2D eigenvalue weighted by Crippen LogP contribution is 2.37. The van der Waals surface area contributed by atoms with Crippen molar-refractivity contribution in [2.24, 2.45) is 5.73 Å². The first kappa shape index (κ1) is 11.0. The van der Waals surface area contributed by atoms with E-state index >= 15 is 0 Å². The number of ether oxygens (including phenoxy) is 1. The standard InChI is InChI=1S/C11H18N2OS/c1-11(3-6-14-7-4-11)9-8-13-10(15-9)2-5-12/h8H,2-7,12H2,1H3. The Labute approximate surface area is 94.7 Å². The SMILES string of the molecule is CC1(c2cnc(CCN)s2)CCOCC1. The first-order valence-corrected chi connectivity index (χ1v) is 6.29. The van der Waals surface area contributed by atoms with Crippen molar-refractivity contribution in [1.82, 2.24) is 4.98 Å². The van der Waals surface area contributed by atoms with E-state index in [-0.39, 0.29) is 5.41 Å². The van der Waals surface area contributed by atoms with Crippen molar-refractivity contribution in [2.45, 2.75) is 31.6 Å². The van der Waals surface area contributed by atoms with E-state index in [4.69, 9.17) is 10.5 Å². The fraction of sp³-hybridized carbons (Fsp3) is 0.727. The summed E-state index contributed by atoms with van der Waals surface area (Å²) in [5.41, 5.74) is 5.81. The lowest BCUT2D eigenvalue weighted by molar-refractivity contribution is 0.0575. The van der Waals surface area contributed by atoms with Crippen LogP contribution in [0, 0.1) is 0 Å². The van der Waals surface area contributed by atoms with Crippen LogP contribution in [0.4, 0.5) is 0 Å². The molecule has 0 aliphatic carbocycles. The van der Waals surface area contributed by atoms with Gasteiger partial charge in [0.1, 0.15) is 0 Å². The Morgan fingerprint density at radius 1 is 1.53 bits per heavy atom. The second-order valence-corrected chi connectivity index (χ2v) is 5.45. The molecule has 1 aromatic rings. The molecule has 0 bridgehead atoms. The van der Waals surface area contributed by atoms with Gasteiger partial charge in [0.15, 0.2) is 0 Å². The smallest absolute Gasteiger partial charge is 0.0940 e. The van der Waals surface area contributed by atoms with Crippen LogP contribution in [0.25, 0.3) is 0 Å². The second-order valence-electron chi connectivity index (χ2n) is 4.33. The lowest BCUT2D eigenvalue weighted by Crippen LogP contribution is -2.29. The van der Waals surface area contributed by atoms with E-state index in [0.29, 0.717) is 6.54 Å². The molecule has 4 heteroatoms. The minimum atomic E-state index is 0.281. The molecule has 0 spiro atoms. The third-order valence-corrected chi connectivity index (χ3v) is 4.47. The summed E-state index contributed by atoms with van der Waals surface area (Å²) >= 11 is 1.82. The Morgan fingerprint density at radius 2 is 2.27 bits per heavy atom. The number of nitrogens with zero attached hydrogens (tertiary/aromatic N) is 1. The van der Waals surface area contributed by atoms with E-state index in [2.05, 4.69) is 11.9 Å². The average Bonchev–Trinajstić information content (AvgIpc) is 2.69. The Bertz CT molecular complexity index is 318. The van der Waals surface area contributed by atoms with Crippen LogP contribution in [0.15, 0.2) is 6.20 Å². The fourth-order valence-corrected chi connectivity index (χ4v) is 3.03. The molecule has 0 atom stereocenters. The zero-order valence-corrected chi connectivity index (χ0v) is 9.98. The van der Waals surface area contributed by atoms with E-state index in [1.165, 1.54) is 9.88 Å². The Kier molecular flexibility index (Phi) is 3.38. The highest BCUT2D eigenvalue weighted by atomic mass is 32.1. The minimum absolute atomic E-state index is 0.281. The third-order valence-electron chi connectivity index (χ3n) is 3.10. The molecule has 2 rings (SSSR count). The number of aromatic nitrogens is 1. The summed E-state index contributed by atoms with van der Waals surface area (Å²) in [7, 11) is 0. The maximum Gasteiger partial charge on any atom is 0.0940 e. The maximum atomic E-state index is 5.53. The molecule has 0 radical (unpaired) electrons. The number of nitrogens with two attached hydrogens (primary N) is 1. The quantitative estimate of drug-likeness (QED) is 0.853. The van der Waals surface area contributed by atoms with Gasteiger partial charge in [-0.2, -0.15) is 0 Å². The Hall–Kier alpha value is -0.450. The topological polar surface area (TPSA) is 48.1 Å². The van der Waals surface area contributed by atoms with Crippen LogP contribution in [0.1, 0.15) is 29.7 Å². The molecule has 1 saturated heterocycles. The summed E-state index contributed by atoms with van der Waals surface area (Å²) < 4.78 is 5.40. The molecule has 0 amide bonds. The monoisotopic (exact) mass is 226 g/mol. The van der Waals surface area contributed by atoms with Crippen LogP contribution in [0.3, 0.4) is 0 Å². The Balaban J connectivity index is 2.12. The van der Waals surface area contributed by atoms with Crippen molar-refractivity contribution in [2.75, 3.05) is 19.8 Å². The molecule has 2 N–H and O–H groups in total. The van der Waals surface area contributed by atoms with Gasteiger partial charge in [-0.15, -0.1) is 11.3 Å². The van der Waals surface area contributed by atoms with Gasteiger partial charge in [-0.3, -0.25) is 0 Å². The summed E-state index contributed by atoms with van der Waals surface area (Å²) in [6.45, 7) is 4.75. The number of rotatable bonds is 3. The average molecular weight is 226 g/mol. The van der Waals surface area contributed by atoms with Gasteiger partial charge in [0, 0.05) is 36.1 Å². The van der Waals surface area contributed by atoms with Crippen molar-refractivity contribution < 1.29 is 4.74 Å². The summed E-state index contributed by atoms with van der Waals surface area (Å²) in [4.78, 5) is 5.82. The van der Waals surface area contributed by atoms with Crippen LogP contribution in [-0.2, 0) is 16.6 Å². The highest BCUT2D eigenvalue weighted by Gasteiger charge is 2.31. The van der Waals surface area contributed by atoms with Gasteiger partial charge >= 0.3 is 0 Å². The molecule has 84 valence electrons. The summed E-state index contributed by atoms with van der Waals surface area (Å²) in [6, 6.07) is 0. The Morgan fingerprint density at radius 3 is 2.93 bits per heavy atom. The van der Waals surface area contributed by atoms with Crippen LogP contribution in [0.5, 0.6) is 0 Å². The molecular weight excluding hydrogens is 208 g/mol. The van der Waals surface area contributed by atoms with Gasteiger partial charge in [0.05, 0.1) is 5.01 Å². The predicted octanol–water partition coefficient (Wildman–Crippen LogP) is 1.71. The van der Waals surface area contributed by atoms with E-state index in [1.807, 2.05) is 17.5 Å². The predicted molar refractivity (Wildman–Crippen MR) is 62.3 cm³/mol. The molecule has 0 aromatic carbocycles. The molecular formula is C11H18N2OS. The van der Waals surface area contributed by atoms with Crippen molar-refractivity contribution >= 4 is 11.3 Å². The summed E-state index contributed by atoms with van der Waals surface area (Å²) in [6.07, 6.45) is 5.15. The molecule has 0 unspecified atom stereocenters. The summed E-state index contributed by atoms with van der Waals surface area (Å²) in [5.74, 6) is 0. The van der Waals surface area contributed by atoms with Gasteiger partial charge in [0.25, 0.3) is 0 Å².